The van der Waals surface area contributed by atoms with Crippen LogP contribution in [-0.2, 0) is 0 Å². The number of aliphatic hydroxyl groups is 1. The fourth-order valence-corrected chi connectivity index (χ4v) is 2.42. The number of nitrogens with zero attached hydrogens (tertiary/aromatic N) is 3. The first-order chi connectivity index (χ1) is 9.61. The van der Waals surface area contributed by atoms with E-state index in [-0.39, 0.29) is 12.5 Å². The second kappa shape index (κ2) is 6.72. The van der Waals surface area contributed by atoms with Gasteiger partial charge in [-0.15, -0.1) is 0 Å². The van der Waals surface area contributed by atoms with Crippen molar-refractivity contribution in [2.75, 3.05) is 58.3 Å². The predicted molar refractivity (Wildman–Crippen MR) is 80.2 cm³/mol. The van der Waals surface area contributed by atoms with E-state index in [1.807, 2.05) is 48.2 Å². The summed E-state index contributed by atoms with van der Waals surface area (Å²) in [6.07, 6.45) is 0. The molecule has 0 radical (unpaired) electrons. The van der Waals surface area contributed by atoms with Crippen molar-refractivity contribution in [2.45, 2.75) is 0 Å². The smallest absolute Gasteiger partial charge is 0.254 e. The van der Waals surface area contributed by atoms with E-state index in [2.05, 4.69) is 4.90 Å². The summed E-state index contributed by atoms with van der Waals surface area (Å²) in [5, 5.41) is 8.93. The zero-order valence-electron chi connectivity index (χ0n) is 12.2. The standard InChI is InChI=1S/C15H23N3O2/c1-16(2)14-5-3-4-13(12-14)15(20)18-8-6-17(7-9-18)10-11-19/h3-5,12,19H,6-11H2,1-2H3. The molecule has 1 fully saturated rings. The van der Waals surface area contributed by atoms with Gasteiger partial charge in [0, 0.05) is 58.1 Å². The van der Waals surface area contributed by atoms with Crippen LogP contribution in [0.25, 0.3) is 0 Å². The number of hydrogen-bond acceptors (Lipinski definition) is 4. The zero-order valence-corrected chi connectivity index (χ0v) is 12.2. The molecule has 0 bridgehead atoms. The number of rotatable bonds is 4. The molecule has 0 aliphatic carbocycles. The van der Waals surface area contributed by atoms with Crippen LogP contribution in [0.15, 0.2) is 24.3 Å². The molecule has 5 heteroatoms. The van der Waals surface area contributed by atoms with Crippen LogP contribution in [0.3, 0.4) is 0 Å². The van der Waals surface area contributed by atoms with Crippen LogP contribution in [0.5, 0.6) is 0 Å². The lowest BCUT2D eigenvalue weighted by Crippen LogP contribution is -2.49. The van der Waals surface area contributed by atoms with Gasteiger partial charge in [-0.2, -0.15) is 0 Å². The van der Waals surface area contributed by atoms with Gasteiger partial charge in [0.25, 0.3) is 5.91 Å². The highest BCUT2D eigenvalue weighted by atomic mass is 16.3. The third-order valence-corrected chi connectivity index (χ3v) is 3.69. The molecule has 5 nitrogen and oxygen atoms in total. The molecule has 0 unspecified atom stereocenters. The van der Waals surface area contributed by atoms with Crippen molar-refractivity contribution in [3.8, 4) is 0 Å². The molecule has 110 valence electrons. The lowest BCUT2D eigenvalue weighted by molar-refractivity contribution is 0.0615. The molecule has 2 rings (SSSR count). The average molecular weight is 277 g/mol. The summed E-state index contributed by atoms with van der Waals surface area (Å²) in [4.78, 5) is 18.5. The van der Waals surface area contributed by atoms with Crippen molar-refractivity contribution >= 4 is 11.6 Å². The van der Waals surface area contributed by atoms with Gasteiger partial charge >= 0.3 is 0 Å². The van der Waals surface area contributed by atoms with Gasteiger partial charge in [0.1, 0.15) is 0 Å². The number of carbonyl (C=O) groups excluding carboxylic acids is 1. The van der Waals surface area contributed by atoms with Crippen LogP contribution in [0.2, 0.25) is 0 Å². The Hall–Kier alpha value is -1.59. The van der Waals surface area contributed by atoms with Crippen LogP contribution in [0.4, 0.5) is 5.69 Å². The fraction of sp³-hybridized carbons (Fsp3) is 0.533. The predicted octanol–water partition coefficient (Wildman–Crippen LogP) is 0.503. The van der Waals surface area contributed by atoms with Crippen LogP contribution in [0, 0.1) is 0 Å². The highest BCUT2D eigenvalue weighted by molar-refractivity contribution is 5.95. The van der Waals surface area contributed by atoms with Crippen LogP contribution >= 0.6 is 0 Å². The van der Waals surface area contributed by atoms with E-state index in [0.717, 1.165) is 37.4 Å². The third-order valence-electron chi connectivity index (χ3n) is 3.69. The Balaban J connectivity index is 2.00. The number of piperazine rings is 1. The van der Waals surface area contributed by atoms with Crippen molar-refractivity contribution in [3.63, 3.8) is 0 Å². The highest BCUT2D eigenvalue weighted by Gasteiger charge is 2.21. The fourth-order valence-electron chi connectivity index (χ4n) is 2.42. The molecule has 1 aromatic rings. The van der Waals surface area contributed by atoms with Gasteiger partial charge in [0.2, 0.25) is 0 Å². The molecule has 1 aliphatic rings. The molecule has 1 N–H and O–H groups in total. The summed E-state index contributed by atoms with van der Waals surface area (Å²) in [7, 11) is 3.94. The van der Waals surface area contributed by atoms with E-state index in [9.17, 15) is 4.79 Å². The van der Waals surface area contributed by atoms with Crippen LogP contribution < -0.4 is 4.90 Å². The summed E-state index contributed by atoms with van der Waals surface area (Å²) < 4.78 is 0. The second-order valence-electron chi connectivity index (χ2n) is 5.30. The number of benzene rings is 1. The molecule has 0 atom stereocenters. The monoisotopic (exact) mass is 277 g/mol. The van der Waals surface area contributed by atoms with Gasteiger partial charge in [-0.3, -0.25) is 9.69 Å². The molecular weight excluding hydrogens is 254 g/mol. The van der Waals surface area contributed by atoms with E-state index in [1.165, 1.54) is 0 Å². The summed E-state index contributed by atoms with van der Waals surface area (Å²) in [6, 6.07) is 7.72. The van der Waals surface area contributed by atoms with Gasteiger partial charge in [0.15, 0.2) is 0 Å². The zero-order chi connectivity index (χ0) is 14.5. The maximum atomic E-state index is 12.5. The number of β-amino-alcohol motifs (C(OH)–C–C–N with tert-alkyl or cyclic N) is 1. The molecule has 1 saturated heterocycles. The first kappa shape index (κ1) is 14.8. The lowest BCUT2D eigenvalue weighted by atomic mass is 10.1. The van der Waals surface area contributed by atoms with Gasteiger partial charge in [-0.25, -0.2) is 0 Å². The molecular formula is C15H23N3O2. The Labute approximate surface area is 120 Å². The van der Waals surface area contributed by atoms with Crippen molar-refractivity contribution in [2.24, 2.45) is 0 Å². The van der Waals surface area contributed by atoms with Crippen LogP contribution in [-0.4, -0.2) is 74.2 Å². The Morgan fingerprint density at radius 1 is 1.25 bits per heavy atom. The normalized spacial score (nSPS) is 16.2. The average Bonchev–Trinajstić information content (AvgIpc) is 2.48. The van der Waals surface area contributed by atoms with E-state index >= 15 is 0 Å². The maximum Gasteiger partial charge on any atom is 0.254 e. The molecule has 0 saturated carbocycles. The van der Waals surface area contributed by atoms with Gasteiger partial charge in [0.05, 0.1) is 6.61 Å². The third kappa shape index (κ3) is 3.49. The topological polar surface area (TPSA) is 47.0 Å². The number of anilines is 1. The van der Waals surface area contributed by atoms with Gasteiger partial charge in [-0.1, -0.05) is 6.07 Å². The first-order valence-electron chi connectivity index (χ1n) is 7.01. The highest BCUT2D eigenvalue weighted by Crippen LogP contribution is 2.16. The largest absolute Gasteiger partial charge is 0.395 e. The van der Waals surface area contributed by atoms with Crippen molar-refractivity contribution in [1.29, 1.82) is 0 Å². The Morgan fingerprint density at radius 3 is 2.55 bits per heavy atom. The van der Waals surface area contributed by atoms with E-state index in [4.69, 9.17) is 5.11 Å². The second-order valence-corrected chi connectivity index (χ2v) is 5.30. The lowest BCUT2D eigenvalue weighted by Gasteiger charge is -2.34. The summed E-state index contributed by atoms with van der Waals surface area (Å²) in [5.41, 5.74) is 1.78. The van der Waals surface area contributed by atoms with Gasteiger partial charge in [-0.05, 0) is 18.2 Å². The van der Waals surface area contributed by atoms with Crippen molar-refractivity contribution in [3.05, 3.63) is 29.8 Å². The quantitative estimate of drug-likeness (QED) is 0.871. The van der Waals surface area contributed by atoms with Crippen LogP contribution in [0.1, 0.15) is 10.4 Å². The van der Waals surface area contributed by atoms with Crippen molar-refractivity contribution in [1.82, 2.24) is 9.80 Å². The molecule has 20 heavy (non-hydrogen) atoms. The minimum atomic E-state index is 0.0948. The first-order valence-corrected chi connectivity index (χ1v) is 7.01. The maximum absolute atomic E-state index is 12.5. The molecule has 1 heterocycles. The van der Waals surface area contributed by atoms with Gasteiger partial charge < -0.3 is 14.9 Å². The summed E-state index contributed by atoms with van der Waals surface area (Å²) >= 11 is 0. The molecule has 1 amide bonds. The molecule has 1 aromatic carbocycles. The Bertz CT molecular complexity index is 454. The van der Waals surface area contributed by atoms with Crippen molar-refractivity contribution < 1.29 is 9.90 Å². The SMILES string of the molecule is CN(C)c1cccc(C(=O)N2CCN(CCO)CC2)c1. The van der Waals surface area contributed by atoms with E-state index in [0.29, 0.717) is 6.54 Å². The number of aliphatic hydroxyl groups excluding tert-OH is 1. The summed E-state index contributed by atoms with van der Waals surface area (Å²) in [6.45, 7) is 3.99. The van der Waals surface area contributed by atoms with E-state index in [1.54, 1.807) is 0 Å². The number of hydrogen-bond donors (Lipinski definition) is 1. The van der Waals surface area contributed by atoms with E-state index < -0.39 is 0 Å². The minimum Gasteiger partial charge on any atom is -0.395 e. The Kier molecular flexibility index (Phi) is 4.98. The molecule has 0 spiro atoms. The number of carbonyl (C=O) groups is 1. The summed E-state index contributed by atoms with van der Waals surface area (Å²) in [5.74, 6) is 0.0948. The molecule has 1 aliphatic heterocycles. The number of amides is 1. The minimum absolute atomic E-state index is 0.0948. The Morgan fingerprint density at radius 2 is 1.95 bits per heavy atom. The molecule has 0 aromatic heterocycles.